The molecular weight excluding hydrogens is 1500 g/mol. The van der Waals surface area contributed by atoms with Crippen LogP contribution in [0.15, 0.2) is 473 Å². The zero-order chi connectivity index (χ0) is 90.0. The molecule has 0 amide bonds. The number of rotatable bonds is 9. The summed E-state index contributed by atoms with van der Waals surface area (Å²) in [7, 11) is 0. The first-order valence-electron chi connectivity index (χ1n) is 47.0. The molecule has 1 aliphatic carbocycles. The lowest BCUT2D eigenvalue weighted by molar-refractivity contribution is 0.660. The van der Waals surface area contributed by atoms with E-state index in [0.29, 0.717) is 22.3 Å². The minimum absolute atomic E-state index is 0.0317. The Balaban J connectivity index is 0.000000113. The van der Waals surface area contributed by atoms with Gasteiger partial charge >= 0.3 is 0 Å². The number of benzene rings is 24. The highest BCUT2D eigenvalue weighted by Gasteiger charge is 2.37. The molecule has 0 heteroatoms. The van der Waals surface area contributed by atoms with Crippen molar-refractivity contribution in [2.24, 2.45) is 0 Å². The smallest absolute Gasteiger partial charge is 0.0622 e. The predicted molar refractivity (Wildman–Crippen MR) is 538 cm³/mol. The Hall–Kier alpha value is -15.9. The molecule has 125 heavy (non-hydrogen) atoms. The first-order valence-corrected chi connectivity index (χ1v) is 43.0. The van der Waals surface area contributed by atoms with Crippen LogP contribution in [0.5, 0.6) is 0 Å². The molecule has 24 aromatic carbocycles. The lowest BCUT2D eigenvalue weighted by Gasteiger charge is -2.22. The maximum atomic E-state index is 9.17. The Morgan fingerprint density at radius 1 is 0.152 bits per heavy atom. The average Bonchev–Trinajstić information content (AvgIpc) is 1.31. The second kappa shape index (κ2) is 31.0. The molecule has 0 unspecified atom stereocenters. The van der Waals surface area contributed by atoms with Crippen molar-refractivity contribution in [3.8, 4) is 111 Å². The summed E-state index contributed by atoms with van der Waals surface area (Å²) in [5, 5.41) is 23.0. The van der Waals surface area contributed by atoms with Crippen LogP contribution in [0.4, 0.5) is 0 Å². The van der Waals surface area contributed by atoms with Gasteiger partial charge in [-0.05, 0) is 259 Å². The van der Waals surface area contributed by atoms with Crippen LogP contribution in [-0.4, -0.2) is 0 Å². The summed E-state index contributed by atoms with van der Waals surface area (Å²) in [6, 6.07) is 148. The van der Waals surface area contributed by atoms with E-state index in [1.54, 1.807) is 24.3 Å². The highest BCUT2D eigenvalue weighted by Crippen LogP contribution is 2.56. The van der Waals surface area contributed by atoms with Gasteiger partial charge in [0.1, 0.15) is 0 Å². The van der Waals surface area contributed by atoms with E-state index >= 15 is 0 Å². The van der Waals surface area contributed by atoms with Gasteiger partial charge in [0.2, 0.25) is 0 Å². The molecule has 0 heterocycles. The predicted octanol–water partition coefficient (Wildman–Crippen LogP) is 35.1. The summed E-state index contributed by atoms with van der Waals surface area (Å²) in [4.78, 5) is 0. The molecule has 24 aromatic rings. The molecule has 584 valence electrons. The van der Waals surface area contributed by atoms with E-state index in [0.717, 1.165) is 21.9 Å². The summed E-state index contributed by atoms with van der Waals surface area (Å²) in [6.45, 7) is 4.72. The largest absolute Gasteiger partial charge is 0.0629 e. The fourth-order valence-electron chi connectivity index (χ4n) is 20.6. The summed E-state index contributed by atoms with van der Waals surface area (Å²) in [6.07, 6.45) is 0. The van der Waals surface area contributed by atoms with Crippen LogP contribution in [0.2, 0.25) is 0 Å². The third-order valence-corrected chi connectivity index (χ3v) is 26.0. The van der Waals surface area contributed by atoms with Crippen LogP contribution >= 0.6 is 0 Å². The SMILES string of the molecule is CC1(C)c2ccccc2-c2c(-c3ccc(-c4c5ccccc5c(-c5ccccc5)c5ccccc45)c4ccccc34)cccc21.[2H]c1c([2H])c([2H])c2c(-c3cccc4c(-c5ccccc5)cccc34)c3c([2H])c([2H])c([2H])c([2H])c3c(-c3ccccc3)c2c1[2H].c1ccc(-c2c3ccccc3c(-c3cc(-c4cc5ccccc5c5ccccc45)cc4ccccc34)c3ccccc23)cc1. The third-order valence-electron chi connectivity index (χ3n) is 26.0. The molecule has 1 aliphatic rings. The van der Waals surface area contributed by atoms with Gasteiger partial charge in [-0.1, -0.05) is 469 Å². The Kier molecular flexibility index (Phi) is 16.3. The van der Waals surface area contributed by atoms with Crippen LogP contribution in [0, 0.1) is 0 Å². The van der Waals surface area contributed by atoms with Gasteiger partial charge in [0.05, 0.1) is 11.0 Å². The van der Waals surface area contributed by atoms with E-state index in [2.05, 4.69) is 341 Å². The Bertz CT molecular complexity index is 8740. The van der Waals surface area contributed by atoms with Gasteiger partial charge in [0, 0.05) is 5.41 Å². The van der Waals surface area contributed by atoms with Crippen LogP contribution in [0.25, 0.3) is 230 Å². The van der Waals surface area contributed by atoms with Crippen molar-refractivity contribution >= 4 is 118 Å². The van der Waals surface area contributed by atoms with E-state index in [9.17, 15) is 2.74 Å². The van der Waals surface area contributed by atoms with Gasteiger partial charge in [-0.15, -0.1) is 0 Å². The van der Waals surface area contributed by atoms with Crippen molar-refractivity contribution in [1.82, 2.24) is 0 Å². The van der Waals surface area contributed by atoms with Crippen LogP contribution in [0.3, 0.4) is 0 Å². The van der Waals surface area contributed by atoms with Crippen molar-refractivity contribution in [3.63, 3.8) is 0 Å². The van der Waals surface area contributed by atoms with Crippen LogP contribution < -0.4 is 0 Å². The Morgan fingerprint density at radius 3 is 0.952 bits per heavy atom. The summed E-state index contributed by atoms with van der Waals surface area (Å²) < 4.78 is 71.0. The molecule has 0 saturated carbocycles. The first-order chi connectivity index (χ1) is 65.2. The molecule has 0 N–H and O–H groups in total. The summed E-state index contributed by atoms with van der Waals surface area (Å²) in [5.41, 5.74) is 24.7. The van der Waals surface area contributed by atoms with Gasteiger partial charge in [0.15, 0.2) is 0 Å². The number of fused-ring (bicyclic) bond motifs is 15. The average molecular weight is 1590 g/mol. The maximum Gasteiger partial charge on any atom is 0.0629 e. The maximum absolute atomic E-state index is 9.17. The van der Waals surface area contributed by atoms with Gasteiger partial charge in [0.25, 0.3) is 0 Å². The molecule has 0 fully saturated rings. The van der Waals surface area contributed by atoms with Crippen molar-refractivity contribution in [3.05, 3.63) is 484 Å². The first kappa shape index (κ1) is 65.9. The minimum Gasteiger partial charge on any atom is -0.0622 e. The molecule has 0 bridgehead atoms. The van der Waals surface area contributed by atoms with Crippen molar-refractivity contribution in [2.75, 3.05) is 0 Å². The fourth-order valence-corrected chi connectivity index (χ4v) is 20.6. The van der Waals surface area contributed by atoms with Gasteiger partial charge < -0.3 is 0 Å². The Labute approximate surface area is 739 Å². The van der Waals surface area contributed by atoms with E-state index in [4.69, 9.17) is 8.22 Å². The number of hydrogen-bond donors (Lipinski definition) is 0. The Morgan fingerprint density at radius 2 is 0.448 bits per heavy atom. The molecule has 25 rings (SSSR count). The second-order valence-electron chi connectivity index (χ2n) is 33.1. The molecular formula is C125H84. The van der Waals surface area contributed by atoms with E-state index in [1.165, 1.54) is 175 Å². The quantitative estimate of drug-likeness (QED) is 0.0998. The van der Waals surface area contributed by atoms with Crippen molar-refractivity contribution in [1.29, 1.82) is 0 Å². The van der Waals surface area contributed by atoms with Gasteiger partial charge in [-0.3, -0.25) is 0 Å². The molecule has 0 aliphatic heterocycles. The summed E-state index contributed by atoms with van der Waals surface area (Å²) >= 11 is 0. The number of hydrogen-bond acceptors (Lipinski definition) is 0. The molecule has 0 atom stereocenters. The monoisotopic (exact) mass is 1590 g/mol. The minimum atomic E-state index is -0.409. The zero-order valence-corrected chi connectivity index (χ0v) is 68.9. The molecule has 0 saturated heterocycles. The fraction of sp³-hybridized carbons (Fsp3) is 0.0240. The van der Waals surface area contributed by atoms with Gasteiger partial charge in [-0.2, -0.15) is 0 Å². The van der Waals surface area contributed by atoms with E-state index < -0.39 is 24.2 Å². The lowest BCUT2D eigenvalue weighted by atomic mass is 9.81. The molecule has 0 aromatic heterocycles. The van der Waals surface area contributed by atoms with Crippen LogP contribution in [-0.2, 0) is 5.41 Å². The standard InChI is InChI=1S/C45H32.C44H28.C36H24/c1-45(2)40-25-13-12-23-39(40)44-33(24-14-26-41(44)45)32-27-28-38(31-18-7-6-17-30(31)32)43-36-21-10-8-19-34(36)42(29-15-4-3-5-16-29)35-20-9-11-22-37(35)43;1-2-14-29(15-3-1)43-37-22-10-12-24-39(37)44(40-25-13-11-23-38(40)43)42-28-32(26-30-16-4-7-19-34(30)42)41-27-31-17-5-6-18-33(31)35-20-8-9-21-36(35)41;1-3-13-25(14-4-1)27-21-11-23-29-28(27)22-12-24-30(29)36-33-19-9-7-17-31(33)35(26-15-5-2-6-16-26)32-18-8-10-20-34(32)36/h3-28H,1-2H3;1-28H;1-24H/i;;7D,8D,9D,10D,17D,18D,19D,20D. The molecule has 0 spiro atoms. The molecule has 0 radical (unpaired) electrons. The highest BCUT2D eigenvalue weighted by molar-refractivity contribution is 6.28. The second-order valence-corrected chi connectivity index (χ2v) is 33.1. The van der Waals surface area contributed by atoms with E-state index in [1.807, 2.05) is 72.8 Å². The topological polar surface area (TPSA) is 0 Å². The van der Waals surface area contributed by atoms with E-state index in [-0.39, 0.29) is 51.1 Å². The molecule has 0 nitrogen and oxygen atoms in total. The lowest BCUT2D eigenvalue weighted by Crippen LogP contribution is -2.14. The summed E-state index contributed by atoms with van der Waals surface area (Å²) in [5.74, 6) is 0. The normalized spacial score (nSPS) is 13.0. The zero-order valence-electron chi connectivity index (χ0n) is 76.9. The van der Waals surface area contributed by atoms with Crippen molar-refractivity contribution in [2.45, 2.75) is 19.3 Å². The van der Waals surface area contributed by atoms with Crippen LogP contribution in [0.1, 0.15) is 35.9 Å². The highest BCUT2D eigenvalue weighted by atomic mass is 14.4. The third kappa shape index (κ3) is 12.5. The van der Waals surface area contributed by atoms with Gasteiger partial charge in [-0.25, -0.2) is 0 Å². The van der Waals surface area contributed by atoms with Crippen molar-refractivity contribution < 1.29 is 11.0 Å².